The number of carbonyl (C=O) groups excluding carboxylic acids is 5. The third-order valence-electron chi connectivity index (χ3n) is 17.1. The van der Waals surface area contributed by atoms with E-state index >= 15 is 0 Å². The van der Waals surface area contributed by atoms with Crippen LogP contribution in [-0.2, 0) is 30.5 Å². The zero-order valence-electron chi connectivity index (χ0n) is 51.1. The van der Waals surface area contributed by atoms with E-state index in [1.165, 1.54) is 16.7 Å². The molecule has 3 aliphatic rings. The van der Waals surface area contributed by atoms with Gasteiger partial charge in [-0.2, -0.15) is 0 Å². The zero-order valence-corrected chi connectivity index (χ0v) is 51.9. The smallest absolute Gasteiger partial charge is 0.258 e. The van der Waals surface area contributed by atoms with Crippen LogP contribution in [-0.4, -0.2) is 115 Å². The maximum absolute atomic E-state index is 14.8. The fourth-order valence-electron chi connectivity index (χ4n) is 11.9. The number of nitrogens with one attached hydrogen (secondary N) is 5. The van der Waals surface area contributed by atoms with Gasteiger partial charge in [0.2, 0.25) is 23.6 Å². The largest absolute Gasteiger partial charge is 0.393 e. The Balaban J connectivity index is 0.734. The van der Waals surface area contributed by atoms with E-state index in [2.05, 4.69) is 80.7 Å². The Morgan fingerprint density at radius 3 is 2.18 bits per heavy atom. The maximum atomic E-state index is 14.8. The summed E-state index contributed by atoms with van der Waals surface area (Å²) >= 11 is 1.47. The van der Waals surface area contributed by atoms with Crippen LogP contribution in [0.25, 0.3) is 38.3 Å². The third-order valence-corrected chi connectivity index (χ3v) is 17.8. The fourth-order valence-corrected chi connectivity index (χ4v) is 12.3. The van der Waals surface area contributed by atoms with Crippen LogP contribution in [0.15, 0.2) is 122 Å². The second-order valence-corrected chi connectivity index (χ2v) is 25.7. The molecule has 3 heterocycles. The molecule has 2 aromatic heterocycles. The molecule has 16 nitrogen and oxygen atoms in total. The van der Waals surface area contributed by atoms with Crippen molar-refractivity contribution in [2.45, 2.75) is 166 Å². The molecule has 7 N–H and O–H groups in total. The average molecular weight is 1210 g/mol. The molecule has 0 bridgehead atoms. The number of alkyl halides is 1. The Bertz CT molecular complexity index is 3600. The van der Waals surface area contributed by atoms with Crippen molar-refractivity contribution in [2.24, 2.45) is 5.41 Å². The Labute approximate surface area is 520 Å². The van der Waals surface area contributed by atoms with Gasteiger partial charge in [-0.25, -0.2) is 9.37 Å². The van der Waals surface area contributed by atoms with E-state index in [-0.39, 0.29) is 56.2 Å². The third kappa shape index (κ3) is 16.3. The zero-order chi connectivity index (χ0) is 62.5. The van der Waals surface area contributed by atoms with Gasteiger partial charge in [-0.3, -0.25) is 29.4 Å². The molecule has 4 atom stereocenters. The van der Waals surface area contributed by atoms with Gasteiger partial charge in [-0.1, -0.05) is 130 Å². The van der Waals surface area contributed by atoms with E-state index in [1.807, 2.05) is 89.9 Å². The number of rotatable bonds is 25. The molecule has 1 saturated heterocycles. The van der Waals surface area contributed by atoms with E-state index in [0.717, 1.165) is 87.1 Å². The molecule has 1 unspecified atom stereocenters. The van der Waals surface area contributed by atoms with Crippen molar-refractivity contribution in [2.75, 3.05) is 25.9 Å². The molecule has 3 fully saturated rings. The summed E-state index contributed by atoms with van der Waals surface area (Å²) in [6, 6.07) is 33.2. The van der Waals surface area contributed by atoms with Crippen LogP contribution < -0.4 is 26.8 Å². The Morgan fingerprint density at radius 1 is 0.818 bits per heavy atom. The predicted molar refractivity (Wildman–Crippen MR) is 344 cm³/mol. The molecule has 2 saturated carbocycles. The highest BCUT2D eigenvalue weighted by molar-refractivity contribution is 8.07. The van der Waals surface area contributed by atoms with Crippen LogP contribution in [0.1, 0.15) is 151 Å². The summed E-state index contributed by atoms with van der Waals surface area (Å²) in [5.74, 6) is 4.32. The van der Waals surface area contributed by atoms with Crippen molar-refractivity contribution in [3.05, 3.63) is 150 Å². The number of aliphatic hydroxyl groups is 2. The average Bonchev–Trinajstić information content (AvgIpc) is 1.82. The topological polar surface area (TPSA) is 224 Å². The summed E-state index contributed by atoms with van der Waals surface area (Å²) in [6.07, 6.45) is 10.0. The number of aliphatic hydroxyl groups excluding tert-OH is 2. The fraction of sp³-hybridized carbons (Fsp3) is 0.443. The highest BCUT2D eigenvalue weighted by Crippen LogP contribution is 2.42. The molecule has 5 amide bonds. The van der Waals surface area contributed by atoms with Crippen molar-refractivity contribution in [3.8, 4) is 34.2 Å². The van der Waals surface area contributed by atoms with Gasteiger partial charge in [-0.05, 0) is 128 Å². The van der Waals surface area contributed by atoms with E-state index in [1.54, 1.807) is 20.8 Å². The van der Waals surface area contributed by atoms with E-state index < -0.39 is 53.0 Å². The van der Waals surface area contributed by atoms with Crippen molar-refractivity contribution < 1.29 is 38.6 Å². The summed E-state index contributed by atoms with van der Waals surface area (Å²) in [4.78, 5) is 74.7. The summed E-state index contributed by atoms with van der Waals surface area (Å²) in [7, 11) is 0. The number of likely N-dealkylation sites (tertiary alicyclic amines) is 1. The van der Waals surface area contributed by atoms with Gasteiger partial charge in [-0.15, -0.1) is 11.8 Å². The van der Waals surface area contributed by atoms with Crippen LogP contribution >= 0.6 is 11.8 Å². The molecule has 18 heteroatoms. The van der Waals surface area contributed by atoms with Crippen LogP contribution in [0.3, 0.4) is 0 Å². The summed E-state index contributed by atoms with van der Waals surface area (Å²) in [6.45, 7) is 10.6. The molecule has 0 spiro atoms. The Hall–Kier alpha value is -7.85. The van der Waals surface area contributed by atoms with Crippen molar-refractivity contribution in [1.29, 1.82) is 5.41 Å². The van der Waals surface area contributed by atoms with Crippen molar-refractivity contribution >= 4 is 57.2 Å². The molecule has 0 radical (unpaired) electrons. The van der Waals surface area contributed by atoms with E-state index in [0.29, 0.717) is 69.2 Å². The first-order valence-corrected chi connectivity index (χ1v) is 32.2. The predicted octanol–water partition coefficient (Wildman–Crippen LogP) is 10.1. The molecular formula is C70H84FN9O7S. The molecule has 88 heavy (non-hydrogen) atoms. The molecule has 6 aromatic rings. The Morgan fingerprint density at radius 2 is 1.50 bits per heavy atom. The van der Waals surface area contributed by atoms with Crippen LogP contribution in [0.2, 0.25) is 0 Å². The number of nitrogens with zero attached hydrogens (tertiary/aromatic N) is 4. The minimum absolute atomic E-state index is 0.0191. The second-order valence-electron chi connectivity index (χ2n) is 24.8. The number of aromatic nitrogens is 3. The molecule has 2 aliphatic carbocycles. The van der Waals surface area contributed by atoms with E-state index in [9.17, 15) is 44.0 Å². The number of hydrogen-bond donors (Lipinski definition) is 7. The van der Waals surface area contributed by atoms with E-state index in [4.69, 9.17) is 4.98 Å². The molecule has 1 aliphatic heterocycles. The number of amides is 5. The van der Waals surface area contributed by atoms with Gasteiger partial charge >= 0.3 is 0 Å². The quantitative estimate of drug-likeness (QED) is 0.0214. The standard InChI is InChI=1S/C70H84FN9O7S/c1-46(88-5)51-28-20-29-52(40-51)56(76-66(85)57-41-55(82)44-78(57)67(86)63(69(2,3)4)77-68(87)70(71)35-36-70)42-59(84)74-38-18-10-17-37-73-58(83)30-16-7-6-11-21-47-22-19-23-48(39-47)43-79-62(50-26-14-9-15-27-50)60(49-24-12-8-13-25-49)61-64(72)80(45-75-65(61)79)53-31-33-54(81)34-32-53/h8-9,12-15,19-20,22-29,39-40,45,53-57,63,72,81-82H,1,6-7,10,16-18,30-38,41-44H2,2-5H3,(H,73,83)(H,74,84)(H,76,85)(H,77,87)/t53?,54?,55-,56+,57+,63?/m1/s1. The van der Waals surface area contributed by atoms with Gasteiger partial charge < -0.3 is 45.5 Å². The van der Waals surface area contributed by atoms with Gasteiger partial charge in [0.15, 0.2) is 5.67 Å². The highest BCUT2D eigenvalue weighted by Gasteiger charge is 2.53. The molecule has 9 rings (SSSR count). The minimum atomic E-state index is -2.01. The van der Waals surface area contributed by atoms with Gasteiger partial charge in [0, 0.05) is 67.5 Å². The van der Waals surface area contributed by atoms with Crippen LogP contribution in [0.5, 0.6) is 0 Å². The second kappa shape index (κ2) is 29.4. The lowest BCUT2D eigenvalue weighted by Gasteiger charge is -2.36. The molecular weight excluding hydrogens is 1130 g/mol. The number of carbonyl (C=O) groups is 5. The van der Waals surface area contributed by atoms with Crippen LogP contribution in [0.4, 0.5) is 4.39 Å². The van der Waals surface area contributed by atoms with Gasteiger partial charge in [0.1, 0.15) is 23.2 Å². The molecule has 464 valence electrons. The summed E-state index contributed by atoms with van der Waals surface area (Å²) < 4.78 is 19.0. The number of β-amino-alcohol motifs (C(OH)–C–C–N with tert-alkyl or cyclic N) is 1. The number of fused-ring (bicyclic) bond motifs is 1. The lowest BCUT2D eigenvalue weighted by molar-refractivity contribution is -0.145. The van der Waals surface area contributed by atoms with Gasteiger partial charge in [0.05, 0.1) is 42.1 Å². The van der Waals surface area contributed by atoms with Gasteiger partial charge in [0.25, 0.3) is 5.91 Å². The number of unbranched alkanes of at least 4 members (excludes halogenated alkanes) is 4. The monoisotopic (exact) mass is 1210 g/mol. The minimum Gasteiger partial charge on any atom is -0.393 e. The Kier molecular flexibility index (Phi) is 21.6. The van der Waals surface area contributed by atoms with Crippen molar-refractivity contribution in [3.63, 3.8) is 0 Å². The lowest BCUT2D eigenvalue weighted by Crippen LogP contribution is -2.59. The SMILES string of the molecule is C=C(SC)c1cccc([C@H](CC(=O)NCCCCCNC(=O)CCCCC#Cc2cccc(Cn3c(-c4ccccc4)c(-c4ccccc4)c4c(=N)n(C5CCC(O)CC5)cnc43)c2)NC(=O)[C@@H]2C[C@@H](O)CN2C(=O)C(NC(=O)C2(F)CC2)C(C)(C)C)c1. The highest BCUT2D eigenvalue weighted by atomic mass is 32.2. The first-order chi connectivity index (χ1) is 42.3. The van der Waals surface area contributed by atoms with Crippen LogP contribution in [0, 0.1) is 22.7 Å². The number of thioether (sulfide) groups is 1. The number of benzene rings is 4. The number of hydrogen-bond acceptors (Lipinski definition) is 10. The molecule has 4 aromatic carbocycles. The number of halogens is 1. The summed E-state index contributed by atoms with van der Waals surface area (Å²) in [5.41, 5.74) is 5.72. The first kappa shape index (κ1) is 64.6. The normalized spacial score (nSPS) is 18.6. The maximum Gasteiger partial charge on any atom is 0.258 e. The lowest BCUT2D eigenvalue weighted by atomic mass is 9.85. The summed E-state index contributed by atoms with van der Waals surface area (Å²) in [5, 5.41) is 43.1. The first-order valence-electron chi connectivity index (χ1n) is 31.0. The van der Waals surface area contributed by atoms with Crippen molar-refractivity contribution in [1.82, 2.24) is 40.3 Å².